The van der Waals surface area contributed by atoms with Gasteiger partial charge in [0.25, 0.3) is 0 Å². The van der Waals surface area contributed by atoms with Crippen LogP contribution in [0.25, 0.3) is 0 Å². The van der Waals surface area contributed by atoms with Gasteiger partial charge in [-0.05, 0) is 19.1 Å². The van der Waals surface area contributed by atoms with Crippen molar-refractivity contribution in [2.45, 2.75) is 13.0 Å². The quantitative estimate of drug-likeness (QED) is 0.793. The SMILES string of the molecule is CC(Oc1ccccc1)c1nn[nH]n1. The van der Waals surface area contributed by atoms with E-state index in [1.165, 1.54) is 0 Å². The second-order valence-corrected chi connectivity index (χ2v) is 2.84. The van der Waals surface area contributed by atoms with Crippen LogP contribution < -0.4 is 4.74 Å². The molecule has 1 unspecified atom stereocenters. The van der Waals surface area contributed by atoms with Crippen molar-refractivity contribution >= 4 is 0 Å². The number of aromatic amines is 1. The standard InChI is InChI=1S/C9H10N4O/c1-7(9-10-12-13-11-9)14-8-5-3-2-4-6-8/h2-7H,1H3,(H,10,11,12,13). The highest BCUT2D eigenvalue weighted by atomic mass is 16.5. The van der Waals surface area contributed by atoms with E-state index in [0.717, 1.165) is 5.75 Å². The number of nitrogens with zero attached hydrogens (tertiary/aromatic N) is 3. The van der Waals surface area contributed by atoms with Gasteiger partial charge in [0, 0.05) is 0 Å². The minimum atomic E-state index is -0.198. The molecular weight excluding hydrogens is 180 g/mol. The number of hydrogen-bond donors (Lipinski definition) is 1. The van der Waals surface area contributed by atoms with E-state index in [4.69, 9.17) is 4.74 Å². The van der Waals surface area contributed by atoms with Gasteiger partial charge >= 0.3 is 0 Å². The number of ether oxygens (including phenoxy) is 1. The summed E-state index contributed by atoms with van der Waals surface area (Å²) in [4.78, 5) is 0. The summed E-state index contributed by atoms with van der Waals surface area (Å²) >= 11 is 0. The summed E-state index contributed by atoms with van der Waals surface area (Å²) in [5, 5.41) is 13.5. The van der Waals surface area contributed by atoms with Gasteiger partial charge in [0.2, 0.25) is 5.82 Å². The average Bonchev–Trinajstić information content (AvgIpc) is 2.72. The van der Waals surface area contributed by atoms with Crippen molar-refractivity contribution in [2.75, 3.05) is 0 Å². The topological polar surface area (TPSA) is 63.7 Å². The van der Waals surface area contributed by atoms with E-state index >= 15 is 0 Å². The lowest BCUT2D eigenvalue weighted by atomic mass is 10.3. The average molecular weight is 190 g/mol. The smallest absolute Gasteiger partial charge is 0.214 e. The highest BCUT2D eigenvalue weighted by Crippen LogP contribution is 2.17. The van der Waals surface area contributed by atoms with Gasteiger partial charge in [-0.2, -0.15) is 5.21 Å². The van der Waals surface area contributed by atoms with Gasteiger partial charge in [0.05, 0.1) is 0 Å². The van der Waals surface area contributed by atoms with Crippen molar-refractivity contribution < 1.29 is 4.74 Å². The minimum absolute atomic E-state index is 0.198. The third-order valence-electron chi connectivity index (χ3n) is 1.78. The first-order valence-corrected chi connectivity index (χ1v) is 4.31. The minimum Gasteiger partial charge on any atom is -0.483 e. The Bertz CT molecular complexity index is 373. The first-order valence-electron chi connectivity index (χ1n) is 4.31. The van der Waals surface area contributed by atoms with Crippen LogP contribution in [0.4, 0.5) is 0 Å². The van der Waals surface area contributed by atoms with Crippen molar-refractivity contribution in [1.29, 1.82) is 0 Å². The number of nitrogens with one attached hydrogen (secondary N) is 1. The molecule has 1 atom stereocenters. The molecule has 0 radical (unpaired) electrons. The van der Waals surface area contributed by atoms with Crippen LogP contribution in [0.5, 0.6) is 5.75 Å². The van der Waals surface area contributed by atoms with E-state index in [0.29, 0.717) is 5.82 Å². The highest BCUT2D eigenvalue weighted by Gasteiger charge is 2.11. The van der Waals surface area contributed by atoms with Crippen molar-refractivity contribution in [3.8, 4) is 5.75 Å². The zero-order chi connectivity index (χ0) is 9.80. The molecule has 1 heterocycles. The molecule has 0 aliphatic heterocycles. The van der Waals surface area contributed by atoms with Crippen LogP contribution >= 0.6 is 0 Å². The van der Waals surface area contributed by atoms with Gasteiger partial charge in [-0.1, -0.05) is 23.4 Å². The molecule has 0 fully saturated rings. The number of rotatable bonds is 3. The molecule has 0 saturated carbocycles. The van der Waals surface area contributed by atoms with Crippen molar-refractivity contribution in [2.24, 2.45) is 0 Å². The van der Waals surface area contributed by atoms with Crippen LogP contribution in [0, 0.1) is 0 Å². The molecule has 0 bridgehead atoms. The Labute approximate surface area is 81.1 Å². The molecule has 1 aromatic carbocycles. The van der Waals surface area contributed by atoms with E-state index in [1.54, 1.807) is 0 Å². The Hall–Kier alpha value is -1.91. The highest BCUT2D eigenvalue weighted by molar-refractivity contribution is 5.21. The van der Waals surface area contributed by atoms with Crippen molar-refractivity contribution in [3.63, 3.8) is 0 Å². The Morgan fingerprint density at radius 2 is 2.07 bits per heavy atom. The van der Waals surface area contributed by atoms with Crippen LogP contribution in [0.2, 0.25) is 0 Å². The fourth-order valence-electron chi connectivity index (χ4n) is 1.10. The molecule has 0 amide bonds. The van der Waals surface area contributed by atoms with Gasteiger partial charge in [0.1, 0.15) is 5.75 Å². The third kappa shape index (κ3) is 1.87. The second kappa shape index (κ2) is 3.87. The summed E-state index contributed by atoms with van der Waals surface area (Å²) < 4.78 is 5.57. The molecule has 14 heavy (non-hydrogen) atoms. The Kier molecular flexibility index (Phi) is 2.40. The maximum Gasteiger partial charge on any atom is 0.214 e. The maximum atomic E-state index is 5.57. The molecule has 72 valence electrons. The van der Waals surface area contributed by atoms with Crippen molar-refractivity contribution in [1.82, 2.24) is 20.6 Å². The van der Waals surface area contributed by atoms with Crippen LogP contribution in [-0.4, -0.2) is 20.6 Å². The molecule has 2 rings (SSSR count). The summed E-state index contributed by atoms with van der Waals surface area (Å²) in [5.41, 5.74) is 0. The Balaban J connectivity index is 2.06. The zero-order valence-electron chi connectivity index (χ0n) is 7.71. The summed E-state index contributed by atoms with van der Waals surface area (Å²) in [6.07, 6.45) is -0.198. The number of hydrogen-bond acceptors (Lipinski definition) is 4. The maximum absolute atomic E-state index is 5.57. The first-order chi connectivity index (χ1) is 6.86. The van der Waals surface area contributed by atoms with E-state index in [-0.39, 0.29) is 6.10 Å². The molecule has 0 saturated heterocycles. The molecular formula is C9H10N4O. The second-order valence-electron chi connectivity index (χ2n) is 2.84. The number of benzene rings is 1. The van der Waals surface area contributed by atoms with Crippen LogP contribution in [-0.2, 0) is 0 Å². The van der Waals surface area contributed by atoms with Crippen LogP contribution in [0.1, 0.15) is 18.9 Å². The van der Waals surface area contributed by atoms with Gasteiger partial charge in [-0.3, -0.25) is 0 Å². The van der Waals surface area contributed by atoms with E-state index < -0.39 is 0 Å². The number of H-pyrrole nitrogens is 1. The fraction of sp³-hybridized carbons (Fsp3) is 0.222. The molecule has 1 aromatic heterocycles. The lowest BCUT2D eigenvalue weighted by Crippen LogP contribution is -2.05. The molecule has 0 aliphatic rings. The summed E-state index contributed by atoms with van der Waals surface area (Å²) in [7, 11) is 0. The summed E-state index contributed by atoms with van der Waals surface area (Å²) in [6, 6.07) is 9.54. The van der Waals surface area contributed by atoms with E-state index in [2.05, 4.69) is 20.6 Å². The van der Waals surface area contributed by atoms with Gasteiger partial charge in [-0.25, -0.2) is 0 Å². The largest absolute Gasteiger partial charge is 0.483 e. The number of aromatic nitrogens is 4. The predicted octanol–water partition coefficient (Wildman–Crippen LogP) is 1.34. The lowest BCUT2D eigenvalue weighted by molar-refractivity contribution is 0.216. The Morgan fingerprint density at radius 1 is 1.29 bits per heavy atom. The first kappa shape index (κ1) is 8.68. The van der Waals surface area contributed by atoms with Gasteiger partial charge < -0.3 is 4.74 Å². The molecule has 1 N–H and O–H groups in total. The summed E-state index contributed by atoms with van der Waals surface area (Å²) in [5.74, 6) is 1.35. The normalized spacial score (nSPS) is 12.4. The predicted molar refractivity (Wildman–Crippen MR) is 49.7 cm³/mol. The Morgan fingerprint density at radius 3 is 2.71 bits per heavy atom. The zero-order valence-corrected chi connectivity index (χ0v) is 7.71. The monoisotopic (exact) mass is 190 g/mol. The number of tetrazole rings is 1. The molecule has 0 aliphatic carbocycles. The van der Waals surface area contributed by atoms with Crippen molar-refractivity contribution in [3.05, 3.63) is 36.2 Å². The van der Waals surface area contributed by atoms with Crippen LogP contribution in [0.3, 0.4) is 0 Å². The summed E-state index contributed by atoms with van der Waals surface area (Å²) in [6.45, 7) is 1.87. The lowest BCUT2D eigenvalue weighted by Gasteiger charge is -2.10. The molecule has 0 spiro atoms. The third-order valence-corrected chi connectivity index (χ3v) is 1.78. The molecule has 2 aromatic rings. The fourth-order valence-corrected chi connectivity index (χ4v) is 1.10. The van der Waals surface area contributed by atoms with E-state index in [9.17, 15) is 0 Å². The molecule has 5 nitrogen and oxygen atoms in total. The van der Waals surface area contributed by atoms with Gasteiger partial charge in [0.15, 0.2) is 6.10 Å². The number of para-hydroxylation sites is 1. The van der Waals surface area contributed by atoms with Crippen LogP contribution in [0.15, 0.2) is 30.3 Å². The molecule has 5 heteroatoms. The van der Waals surface area contributed by atoms with E-state index in [1.807, 2.05) is 37.3 Å². The van der Waals surface area contributed by atoms with Gasteiger partial charge in [-0.15, -0.1) is 10.2 Å².